The van der Waals surface area contributed by atoms with Gasteiger partial charge in [0.15, 0.2) is 0 Å². The van der Waals surface area contributed by atoms with E-state index in [1.54, 1.807) is 18.2 Å². The monoisotopic (exact) mass is 345 g/mol. The standard InChI is InChI=1S/C20H21F2NO2/c21-19(22)13-25-17-6-3-4-14(10-17)12-23-20(24)11-16-9-8-15-5-1-2-7-18(15)16/h1-7,10,16,19H,8-9,11-13H2,(H,23,24). The van der Waals surface area contributed by atoms with Gasteiger partial charge in [0, 0.05) is 13.0 Å². The lowest BCUT2D eigenvalue weighted by molar-refractivity contribution is -0.121. The minimum absolute atomic E-state index is 0.000560. The van der Waals surface area contributed by atoms with E-state index in [0.29, 0.717) is 18.7 Å². The van der Waals surface area contributed by atoms with Gasteiger partial charge in [-0.05, 0) is 47.6 Å². The van der Waals surface area contributed by atoms with Gasteiger partial charge in [0.25, 0.3) is 6.43 Å². The average molecular weight is 345 g/mol. The maximum atomic E-state index is 12.2. The number of fused-ring (bicyclic) bond motifs is 1. The van der Waals surface area contributed by atoms with Crippen molar-refractivity contribution in [1.29, 1.82) is 0 Å². The molecule has 0 heterocycles. The molecule has 1 amide bonds. The fourth-order valence-electron chi connectivity index (χ4n) is 3.26. The summed E-state index contributed by atoms with van der Waals surface area (Å²) in [6.07, 6.45) is -0.00223. The van der Waals surface area contributed by atoms with Crippen LogP contribution in [0.2, 0.25) is 0 Å². The fraction of sp³-hybridized carbons (Fsp3) is 0.350. The van der Waals surface area contributed by atoms with E-state index in [-0.39, 0.29) is 11.8 Å². The molecule has 0 radical (unpaired) electrons. The Kier molecular flexibility index (Phi) is 5.64. The number of aryl methyl sites for hydroxylation is 1. The minimum atomic E-state index is -2.50. The molecule has 0 spiro atoms. The van der Waals surface area contributed by atoms with E-state index in [4.69, 9.17) is 4.74 Å². The summed E-state index contributed by atoms with van der Waals surface area (Å²) < 4.78 is 29.4. The van der Waals surface area contributed by atoms with Gasteiger partial charge in [-0.3, -0.25) is 4.79 Å². The van der Waals surface area contributed by atoms with Gasteiger partial charge in [0.2, 0.25) is 5.91 Å². The Hall–Kier alpha value is -2.43. The number of carbonyl (C=O) groups is 1. The van der Waals surface area contributed by atoms with Crippen molar-refractivity contribution >= 4 is 5.91 Å². The van der Waals surface area contributed by atoms with Crippen molar-refractivity contribution in [3.8, 4) is 5.75 Å². The Morgan fingerprint density at radius 3 is 2.88 bits per heavy atom. The van der Waals surface area contributed by atoms with Gasteiger partial charge in [-0.15, -0.1) is 0 Å². The second kappa shape index (κ2) is 8.10. The molecule has 0 saturated carbocycles. The first-order valence-corrected chi connectivity index (χ1v) is 8.46. The number of alkyl halides is 2. The van der Waals surface area contributed by atoms with Gasteiger partial charge in [-0.2, -0.15) is 0 Å². The number of amides is 1. The average Bonchev–Trinajstić information content (AvgIpc) is 3.02. The van der Waals surface area contributed by atoms with Crippen molar-refractivity contribution in [2.24, 2.45) is 0 Å². The zero-order valence-corrected chi connectivity index (χ0v) is 13.9. The molecule has 3 nitrogen and oxygen atoms in total. The van der Waals surface area contributed by atoms with Crippen molar-refractivity contribution in [2.75, 3.05) is 6.61 Å². The molecule has 1 aliphatic rings. The molecule has 1 atom stereocenters. The maximum Gasteiger partial charge on any atom is 0.272 e. The molecule has 2 aromatic rings. The summed E-state index contributed by atoms with van der Waals surface area (Å²) >= 11 is 0. The third-order valence-corrected chi connectivity index (χ3v) is 4.45. The Balaban J connectivity index is 1.50. The summed E-state index contributed by atoms with van der Waals surface area (Å²) in [4.78, 5) is 12.2. The predicted molar refractivity (Wildman–Crippen MR) is 91.9 cm³/mol. The molecular formula is C20H21F2NO2. The molecule has 25 heavy (non-hydrogen) atoms. The van der Waals surface area contributed by atoms with Crippen LogP contribution in [-0.2, 0) is 17.8 Å². The molecule has 0 bridgehead atoms. The quantitative estimate of drug-likeness (QED) is 0.822. The van der Waals surface area contributed by atoms with Crippen molar-refractivity contribution < 1.29 is 18.3 Å². The zero-order valence-electron chi connectivity index (χ0n) is 13.9. The number of ether oxygens (including phenoxy) is 1. The molecule has 3 rings (SSSR count). The van der Waals surface area contributed by atoms with Crippen LogP contribution >= 0.6 is 0 Å². The molecule has 132 valence electrons. The summed E-state index contributed by atoms with van der Waals surface area (Å²) in [6.45, 7) is -0.268. The third-order valence-electron chi connectivity index (χ3n) is 4.45. The zero-order chi connectivity index (χ0) is 17.6. The van der Waals surface area contributed by atoms with Crippen LogP contribution in [0.1, 0.15) is 35.4 Å². The van der Waals surface area contributed by atoms with E-state index in [0.717, 1.165) is 18.4 Å². The van der Waals surface area contributed by atoms with Crippen LogP contribution in [0.15, 0.2) is 48.5 Å². The second-order valence-electron chi connectivity index (χ2n) is 6.26. The molecule has 0 aliphatic heterocycles. The van der Waals surface area contributed by atoms with Crippen LogP contribution in [-0.4, -0.2) is 18.9 Å². The Morgan fingerprint density at radius 2 is 2.04 bits per heavy atom. The van der Waals surface area contributed by atoms with Crippen molar-refractivity contribution in [1.82, 2.24) is 5.32 Å². The van der Waals surface area contributed by atoms with Crippen LogP contribution in [0, 0.1) is 0 Å². The maximum absolute atomic E-state index is 12.2. The number of hydrogen-bond donors (Lipinski definition) is 1. The van der Waals surface area contributed by atoms with Gasteiger partial charge in [0.05, 0.1) is 0 Å². The summed E-state index contributed by atoms with van der Waals surface area (Å²) in [6, 6.07) is 15.1. The Bertz CT molecular complexity index is 733. The van der Waals surface area contributed by atoms with E-state index in [1.807, 2.05) is 18.2 Å². The summed E-state index contributed by atoms with van der Waals surface area (Å²) in [5.74, 6) is 0.661. The van der Waals surface area contributed by atoms with Gasteiger partial charge in [-0.1, -0.05) is 36.4 Å². The van der Waals surface area contributed by atoms with E-state index >= 15 is 0 Å². The SMILES string of the molecule is O=C(CC1CCc2ccccc21)NCc1cccc(OCC(F)F)c1. The largest absolute Gasteiger partial charge is 0.488 e. The summed E-state index contributed by atoms with van der Waals surface area (Å²) in [5.41, 5.74) is 3.44. The number of halogens is 2. The molecule has 2 aromatic carbocycles. The first kappa shape index (κ1) is 17.4. The van der Waals surface area contributed by atoms with E-state index in [1.165, 1.54) is 11.1 Å². The highest BCUT2D eigenvalue weighted by Crippen LogP contribution is 2.35. The number of hydrogen-bond acceptors (Lipinski definition) is 2. The van der Waals surface area contributed by atoms with Gasteiger partial charge in [0.1, 0.15) is 12.4 Å². The molecular weight excluding hydrogens is 324 g/mol. The van der Waals surface area contributed by atoms with Crippen LogP contribution in [0.25, 0.3) is 0 Å². The lowest BCUT2D eigenvalue weighted by Gasteiger charge is -2.12. The fourth-order valence-corrected chi connectivity index (χ4v) is 3.26. The van der Waals surface area contributed by atoms with Crippen LogP contribution < -0.4 is 10.1 Å². The van der Waals surface area contributed by atoms with Crippen LogP contribution in [0.4, 0.5) is 8.78 Å². The van der Waals surface area contributed by atoms with Crippen LogP contribution in [0.3, 0.4) is 0 Å². The molecule has 0 saturated heterocycles. The molecule has 1 unspecified atom stereocenters. The Labute approximate surface area is 146 Å². The minimum Gasteiger partial charge on any atom is -0.488 e. The number of nitrogens with one attached hydrogen (secondary N) is 1. The van der Waals surface area contributed by atoms with E-state index in [2.05, 4.69) is 17.4 Å². The smallest absolute Gasteiger partial charge is 0.272 e. The first-order valence-electron chi connectivity index (χ1n) is 8.46. The number of carbonyl (C=O) groups excluding carboxylic acids is 1. The normalized spacial score (nSPS) is 15.9. The van der Waals surface area contributed by atoms with Gasteiger partial charge >= 0.3 is 0 Å². The van der Waals surface area contributed by atoms with Gasteiger partial charge < -0.3 is 10.1 Å². The van der Waals surface area contributed by atoms with E-state index in [9.17, 15) is 13.6 Å². The highest BCUT2D eigenvalue weighted by Gasteiger charge is 2.23. The highest BCUT2D eigenvalue weighted by atomic mass is 19.3. The third kappa shape index (κ3) is 4.78. The molecule has 1 aliphatic carbocycles. The van der Waals surface area contributed by atoms with Crippen LogP contribution in [0.5, 0.6) is 5.75 Å². The highest BCUT2D eigenvalue weighted by molar-refractivity contribution is 5.77. The number of rotatable bonds is 7. The lowest BCUT2D eigenvalue weighted by Crippen LogP contribution is -2.24. The summed E-state index contributed by atoms with van der Waals surface area (Å²) in [5, 5.41) is 2.91. The van der Waals surface area contributed by atoms with Gasteiger partial charge in [-0.25, -0.2) is 8.78 Å². The van der Waals surface area contributed by atoms with Crippen molar-refractivity contribution in [3.05, 3.63) is 65.2 Å². The van der Waals surface area contributed by atoms with E-state index < -0.39 is 13.0 Å². The number of benzene rings is 2. The first-order chi connectivity index (χ1) is 12.1. The van der Waals surface area contributed by atoms with Crippen molar-refractivity contribution in [2.45, 2.75) is 38.2 Å². The topological polar surface area (TPSA) is 38.3 Å². The Morgan fingerprint density at radius 1 is 1.20 bits per heavy atom. The second-order valence-corrected chi connectivity index (χ2v) is 6.26. The molecule has 1 N–H and O–H groups in total. The van der Waals surface area contributed by atoms with Crippen molar-refractivity contribution in [3.63, 3.8) is 0 Å². The predicted octanol–water partition coefficient (Wildman–Crippen LogP) is 4.07. The molecule has 0 aromatic heterocycles. The molecule has 0 fully saturated rings. The lowest BCUT2D eigenvalue weighted by atomic mass is 9.97. The molecule has 5 heteroatoms. The summed E-state index contributed by atoms with van der Waals surface area (Å²) in [7, 11) is 0.